The second kappa shape index (κ2) is 7.29. The monoisotopic (exact) mass is 298 g/mol. The minimum absolute atomic E-state index is 0.244. The predicted molar refractivity (Wildman–Crippen MR) is 79.1 cm³/mol. The van der Waals surface area contributed by atoms with Gasteiger partial charge in [-0.3, -0.25) is 4.90 Å². The molecule has 2 atom stereocenters. The Bertz CT molecular complexity index is 466. The molecule has 2 rings (SSSR count). The van der Waals surface area contributed by atoms with Gasteiger partial charge in [-0.25, -0.2) is 8.78 Å². The van der Waals surface area contributed by atoms with E-state index in [9.17, 15) is 13.9 Å². The van der Waals surface area contributed by atoms with Crippen LogP contribution in [0.3, 0.4) is 0 Å². The maximum absolute atomic E-state index is 14.0. The highest BCUT2D eigenvalue weighted by molar-refractivity contribution is 5.23. The van der Waals surface area contributed by atoms with Crippen molar-refractivity contribution in [3.63, 3.8) is 0 Å². The van der Waals surface area contributed by atoms with Crippen LogP contribution >= 0.6 is 0 Å². The lowest BCUT2D eigenvalue weighted by Gasteiger charge is -2.28. The molecule has 0 saturated carbocycles. The molecule has 1 N–H and O–H groups in total. The van der Waals surface area contributed by atoms with E-state index in [1.807, 2.05) is 0 Å². The van der Waals surface area contributed by atoms with Crippen molar-refractivity contribution in [2.45, 2.75) is 32.4 Å². The normalized spacial score (nSPS) is 23.1. The van der Waals surface area contributed by atoms with Gasteiger partial charge in [-0.2, -0.15) is 0 Å². The maximum Gasteiger partial charge on any atom is 0.128 e. The Balaban J connectivity index is 2.11. The molecule has 1 saturated heterocycles. The van der Waals surface area contributed by atoms with E-state index in [1.165, 1.54) is 6.07 Å². The molecule has 0 aromatic heterocycles. The van der Waals surface area contributed by atoms with Gasteiger partial charge in [-0.1, -0.05) is 13.8 Å². The van der Waals surface area contributed by atoms with Crippen LogP contribution in [0.4, 0.5) is 8.78 Å². The van der Waals surface area contributed by atoms with E-state index in [4.69, 9.17) is 0 Å². The van der Waals surface area contributed by atoms with Gasteiger partial charge in [0, 0.05) is 31.2 Å². The molecular formula is C16H24F2N2O. The number of nitrogens with zero attached hydrogens (tertiary/aromatic N) is 2. The summed E-state index contributed by atoms with van der Waals surface area (Å²) in [6.45, 7) is 8.27. The molecule has 1 aromatic rings. The van der Waals surface area contributed by atoms with Crippen LogP contribution in [0.15, 0.2) is 18.2 Å². The zero-order valence-corrected chi connectivity index (χ0v) is 12.7. The van der Waals surface area contributed by atoms with Crippen LogP contribution in [0, 0.1) is 11.6 Å². The fourth-order valence-electron chi connectivity index (χ4n) is 3.03. The van der Waals surface area contributed by atoms with Crippen molar-refractivity contribution in [2.24, 2.45) is 0 Å². The fraction of sp³-hybridized carbons (Fsp3) is 0.625. The number of hydrogen-bond acceptors (Lipinski definition) is 3. The first-order valence-electron chi connectivity index (χ1n) is 7.64. The number of hydrogen-bond donors (Lipinski definition) is 1. The summed E-state index contributed by atoms with van der Waals surface area (Å²) in [6, 6.07) is 3.30. The zero-order chi connectivity index (χ0) is 15.4. The SMILES string of the molecule is CCN(CC)CCN1CC(O)CC1c1cc(F)ccc1F. The first kappa shape index (κ1) is 16.3. The highest BCUT2D eigenvalue weighted by atomic mass is 19.1. The lowest BCUT2D eigenvalue weighted by atomic mass is 10.0. The van der Waals surface area contributed by atoms with Crippen LogP contribution in [0.5, 0.6) is 0 Å². The van der Waals surface area contributed by atoms with Crippen molar-refractivity contribution in [1.82, 2.24) is 9.80 Å². The summed E-state index contributed by atoms with van der Waals surface area (Å²) in [5.41, 5.74) is 0.353. The molecule has 118 valence electrons. The van der Waals surface area contributed by atoms with E-state index in [0.29, 0.717) is 18.5 Å². The Morgan fingerprint density at radius 2 is 2.00 bits per heavy atom. The number of aliphatic hydroxyl groups is 1. The smallest absolute Gasteiger partial charge is 0.128 e. The van der Waals surface area contributed by atoms with E-state index >= 15 is 0 Å². The molecule has 1 fully saturated rings. The van der Waals surface area contributed by atoms with Crippen LogP contribution in [-0.4, -0.2) is 53.7 Å². The van der Waals surface area contributed by atoms with Crippen LogP contribution in [0.25, 0.3) is 0 Å². The van der Waals surface area contributed by atoms with Gasteiger partial charge in [-0.15, -0.1) is 0 Å². The molecule has 0 radical (unpaired) electrons. The van der Waals surface area contributed by atoms with Crippen molar-refractivity contribution in [1.29, 1.82) is 0 Å². The number of likely N-dealkylation sites (N-methyl/N-ethyl adjacent to an activating group) is 1. The predicted octanol–water partition coefficient (Wildman–Crippen LogP) is 2.41. The second-order valence-corrected chi connectivity index (χ2v) is 5.59. The summed E-state index contributed by atoms with van der Waals surface area (Å²) in [6.07, 6.45) is -0.0205. The van der Waals surface area contributed by atoms with E-state index in [0.717, 1.165) is 38.3 Å². The van der Waals surface area contributed by atoms with Gasteiger partial charge in [0.15, 0.2) is 0 Å². The minimum atomic E-state index is -0.477. The van der Waals surface area contributed by atoms with Crippen molar-refractivity contribution in [3.8, 4) is 0 Å². The van der Waals surface area contributed by atoms with Gasteiger partial charge >= 0.3 is 0 Å². The Morgan fingerprint density at radius 3 is 2.67 bits per heavy atom. The van der Waals surface area contributed by atoms with E-state index < -0.39 is 17.7 Å². The van der Waals surface area contributed by atoms with Gasteiger partial charge in [-0.05, 0) is 37.7 Å². The number of likely N-dealkylation sites (tertiary alicyclic amines) is 1. The average Bonchev–Trinajstić information content (AvgIpc) is 2.83. The lowest BCUT2D eigenvalue weighted by Crippen LogP contribution is -2.35. The molecule has 0 bridgehead atoms. The maximum atomic E-state index is 14.0. The third kappa shape index (κ3) is 3.99. The number of rotatable bonds is 6. The molecule has 1 heterocycles. The summed E-state index contributed by atoms with van der Waals surface area (Å²) in [7, 11) is 0. The average molecular weight is 298 g/mol. The van der Waals surface area contributed by atoms with Gasteiger partial charge < -0.3 is 10.0 Å². The number of aliphatic hydroxyl groups excluding tert-OH is 1. The number of halogens is 2. The zero-order valence-electron chi connectivity index (χ0n) is 12.7. The molecule has 5 heteroatoms. The van der Waals surface area contributed by atoms with Crippen molar-refractivity contribution in [3.05, 3.63) is 35.4 Å². The molecule has 0 aliphatic carbocycles. The molecule has 21 heavy (non-hydrogen) atoms. The van der Waals surface area contributed by atoms with Crippen molar-refractivity contribution < 1.29 is 13.9 Å². The first-order valence-corrected chi connectivity index (χ1v) is 7.64. The summed E-state index contributed by atoms with van der Waals surface area (Å²) in [4.78, 5) is 4.34. The first-order chi connectivity index (χ1) is 10.0. The highest BCUT2D eigenvalue weighted by Crippen LogP contribution is 2.33. The van der Waals surface area contributed by atoms with Gasteiger partial charge in [0.2, 0.25) is 0 Å². The summed E-state index contributed by atoms with van der Waals surface area (Å²) in [5, 5.41) is 9.90. The van der Waals surface area contributed by atoms with Gasteiger partial charge in [0.1, 0.15) is 11.6 Å². The number of benzene rings is 1. The van der Waals surface area contributed by atoms with E-state index in [2.05, 4.69) is 23.6 Å². The third-order valence-corrected chi connectivity index (χ3v) is 4.30. The van der Waals surface area contributed by atoms with Crippen LogP contribution in [0.2, 0.25) is 0 Å². The minimum Gasteiger partial charge on any atom is -0.392 e. The van der Waals surface area contributed by atoms with Gasteiger partial charge in [0.25, 0.3) is 0 Å². The Hall–Kier alpha value is -1.04. The van der Waals surface area contributed by atoms with Crippen LogP contribution in [0.1, 0.15) is 31.9 Å². The standard InChI is InChI=1S/C16H24F2N2O/c1-3-19(4-2)7-8-20-11-13(21)10-16(20)14-9-12(17)5-6-15(14)18/h5-6,9,13,16,21H,3-4,7-8,10-11H2,1-2H3. The fourth-order valence-corrected chi connectivity index (χ4v) is 3.03. The summed E-state index contributed by atoms with van der Waals surface area (Å²) < 4.78 is 27.4. The lowest BCUT2D eigenvalue weighted by molar-refractivity contribution is 0.164. The topological polar surface area (TPSA) is 26.7 Å². The van der Waals surface area contributed by atoms with Gasteiger partial charge in [0.05, 0.1) is 6.10 Å². The molecular weight excluding hydrogens is 274 g/mol. The van der Waals surface area contributed by atoms with E-state index in [-0.39, 0.29) is 6.04 Å². The summed E-state index contributed by atoms with van der Waals surface area (Å²) in [5.74, 6) is -0.833. The highest BCUT2D eigenvalue weighted by Gasteiger charge is 2.33. The van der Waals surface area contributed by atoms with Crippen LogP contribution in [-0.2, 0) is 0 Å². The molecule has 0 amide bonds. The van der Waals surface area contributed by atoms with Crippen molar-refractivity contribution in [2.75, 3.05) is 32.7 Å². The Kier molecular flexibility index (Phi) is 5.67. The Labute approximate surface area is 125 Å². The molecule has 0 spiro atoms. The van der Waals surface area contributed by atoms with Crippen molar-refractivity contribution >= 4 is 0 Å². The molecule has 3 nitrogen and oxygen atoms in total. The Morgan fingerprint density at radius 1 is 1.29 bits per heavy atom. The van der Waals surface area contributed by atoms with E-state index in [1.54, 1.807) is 0 Å². The molecule has 2 unspecified atom stereocenters. The quantitative estimate of drug-likeness (QED) is 0.874. The summed E-state index contributed by atoms with van der Waals surface area (Å²) >= 11 is 0. The largest absolute Gasteiger partial charge is 0.392 e. The molecule has 1 aliphatic rings. The molecule has 1 aliphatic heterocycles. The third-order valence-electron chi connectivity index (χ3n) is 4.30. The number of β-amino-alcohol motifs (C(OH)–C–C–N with tert-alkyl or cyclic N) is 1. The van der Waals surface area contributed by atoms with Crippen LogP contribution < -0.4 is 0 Å². The second-order valence-electron chi connectivity index (χ2n) is 5.59. The molecule has 1 aromatic carbocycles.